The second-order valence-electron chi connectivity index (χ2n) is 5.26. The highest BCUT2D eigenvalue weighted by Gasteiger charge is 2.14. The Morgan fingerprint density at radius 2 is 1.76 bits per heavy atom. The molecule has 8 heteroatoms. The third-order valence-electron chi connectivity index (χ3n) is 3.43. The van der Waals surface area contributed by atoms with Gasteiger partial charge >= 0.3 is 0 Å². The molecule has 0 aliphatic rings. The maximum absolute atomic E-state index is 13.5. The molecule has 1 atom stereocenters. The van der Waals surface area contributed by atoms with E-state index >= 15 is 0 Å². The summed E-state index contributed by atoms with van der Waals surface area (Å²) in [7, 11) is 0. The van der Waals surface area contributed by atoms with E-state index in [4.69, 9.17) is 23.2 Å². The molecule has 0 unspecified atom stereocenters. The van der Waals surface area contributed by atoms with Crippen LogP contribution in [0.1, 0.15) is 28.9 Å². The van der Waals surface area contributed by atoms with E-state index in [9.17, 15) is 14.0 Å². The van der Waals surface area contributed by atoms with Crippen molar-refractivity contribution in [2.75, 3.05) is 6.54 Å². The second-order valence-corrected chi connectivity index (χ2v) is 6.07. The number of nitrogens with one attached hydrogen (secondary N) is 3. The summed E-state index contributed by atoms with van der Waals surface area (Å²) in [6, 6.07) is 10.6. The predicted molar refractivity (Wildman–Crippen MR) is 94.9 cm³/mol. The number of amides is 2. The second kappa shape index (κ2) is 8.80. The molecule has 0 radical (unpaired) electrons. The van der Waals surface area contributed by atoms with Crippen molar-refractivity contribution in [2.24, 2.45) is 0 Å². The average Bonchev–Trinajstić information content (AvgIpc) is 2.61. The molecule has 0 spiro atoms. The van der Waals surface area contributed by atoms with Crippen molar-refractivity contribution in [2.45, 2.75) is 13.0 Å². The molecule has 25 heavy (non-hydrogen) atoms. The van der Waals surface area contributed by atoms with Crippen LogP contribution in [0, 0.1) is 5.82 Å². The Bertz CT molecular complexity index is 772. The Morgan fingerprint density at radius 3 is 2.44 bits per heavy atom. The van der Waals surface area contributed by atoms with Gasteiger partial charge in [0.15, 0.2) is 0 Å². The lowest BCUT2D eigenvalue weighted by molar-refractivity contribution is -0.121. The highest BCUT2D eigenvalue weighted by molar-refractivity contribution is 6.35. The van der Waals surface area contributed by atoms with Crippen LogP contribution in [0.15, 0.2) is 42.5 Å². The fraction of sp³-hybridized carbons (Fsp3) is 0.176. The molecular weight excluding hydrogens is 368 g/mol. The normalized spacial score (nSPS) is 11.7. The summed E-state index contributed by atoms with van der Waals surface area (Å²) >= 11 is 11.7. The molecule has 3 N–H and O–H groups in total. The van der Waals surface area contributed by atoms with Gasteiger partial charge in [-0.3, -0.25) is 20.4 Å². The van der Waals surface area contributed by atoms with Crippen LogP contribution in [0.3, 0.4) is 0 Å². The molecule has 0 saturated heterocycles. The van der Waals surface area contributed by atoms with Crippen LogP contribution in [0.25, 0.3) is 0 Å². The Kier molecular flexibility index (Phi) is 6.75. The lowest BCUT2D eigenvalue weighted by Gasteiger charge is -2.16. The molecule has 2 rings (SSSR count). The van der Waals surface area contributed by atoms with Crippen molar-refractivity contribution in [3.05, 3.63) is 69.5 Å². The summed E-state index contributed by atoms with van der Waals surface area (Å²) in [6.07, 6.45) is 0. The number of carbonyl (C=O) groups is 2. The highest BCUT2D eigenvalue weighted by Crippen LogP contribution is 2.28. The van der Waals surface area contributed by atoms with Gasteiger partial charge in [0.1, 0.15) is 5.82 Å². The maximum atomic E-state index is 13.5. The van der Waals surface area contributed by atoms with Crippen molar-refractivity contribution >= 4 is 35.0 Å². The van der Waals surface area contributed by atoms with Crippen LogP contribution in [-0.4, -0.2) is 18.4 Å². The van der Waals surface area contributed by atoms with Crippen molar-refractivity contribution in [3.63, 3.8) is 0 Å². The largest absolute Gasteiger partial charge is 0.302 e. The minimum absolute atomic E-state index is 0.0673. The van der Waals surface area contributed by atoms with E-state index in [-0.39, 0.29) is 11.6 Å². The molecule has 2 aromatic rings. The van der Waals surface area contributed by atoms with Crippen molar-refractivity contribution < 1.29 is 14.0 Å². The zero-order chi connectivity index (χ0) is 18.4. The number of halogens is 3. The number of benzene rings is 2. The van der Waals surface area contributed by atoms with Gasteiger partial charge < -0.3 is 5.32 Å². The summed E-state index contributed by atoms with van der Waals surface area (Å²) in [5, 5.41) is 3.12. The van der Waals surface area contributed by atoms with Gasteiger partial charge in [-0.2, -0.15) is 0 Å². The van der Waals surface area contributed by atoms with E-state index in [2.05, 4.69) is 16.2 Å². The number of rotatable bonds is 5. The van der Waals surface area contributed by atoms with Crippen LogP contribution in [0.4, 0.5) is 4.39 Å². The van der Waals surface area contributed by atoms with E-state index in [1.54, 1.807) is 37.3 Å². The molecule has 132 valence electrons. The van der Waals surface area contributed by atoms with Crippen molar-refractivity contribution in [3.8, 4) is 0 Å². The molecule has 0 fully saturated rings. The van der Waals surface area contributed by atoms with E-state index in [0.717, 1.165) is 0 Å². The topological polar surface area (TPSA) is 70.2 Å². The maximum Gasteiger partial charge on any atom is 0.269 e. The molecule has 5 nitrogen and oxygen atoms in total. The van der Waals surface area contributed by atoms with Gasteiger partial charge in [-0.1, -0.05) is 41.4 Å². The summed E-state index contributed by atoms with van der Waals surface area (Å²) in [4.78, 5) is 23.6. The lowest BCUT2D eigenvalue weighted by atomic mass is 10.1. The summed E-state index contributed by atoms with van der Waals surface area (Å²) in [5.74, 6) is -1.47. The summed E-state index contributed by atoms with van der Waals surface area (Å²) in [6.45, 7) is 1.63. The Balaban J connectivity index is 1.83. The molecule has 0 bridgehead atoms. The van der Waals surface area contributed by atoms with Crippen molar-refractivity contribution in [1.82, 2.24) is 16.2 Å². The fourth-order valence-electron chi connectivity index (χ4n) is 2.06. The first kappa shape index (κ1) is 19.2. The quantitative estimate of drug-likeness (QED) is 0.548. The van der Waals surface area contributed by atoms with Gasteiger partial charge in [0.2, 0.25) is 0 Å². The van der Waals surface area contributed by atoms with Crippen LogP contribution >= 0.6 is 23.2 Å². The van der Waals surface area contributed by atoms with Gasteiger partial charge in [-0.15, -0.1) is 0 Å². The first-order valence-electron chi connectivity index (χ1n) is 7.40. The van der Waals surface area contributed by atoms with Crippen LogP contribution < -0.4 is 16.2 Å². The predicted octanol–water partition coefficient (Wildman–Crippen LogP) is 3.24. The third kappa shape index (κ3) is 5.42. The molecule has 0 heterocycles. The lowest BCUT2D eigenvalue weighted by Crippen LogP contribution is -2.45. The van der Waals surface area contributed by atoms with E-state index in [0.29, 0.717) is 16.1 Å². The van der Waals surface area contributed by atoms with Crippen LogP contribution in [-0.2, 0) is 4.79 Å². The minimum atomic E-state index is -0.589. The highest BCUT2D eigenvalue weighted by atomic mass is 35.5. The number of hydrogen-bond acceptors (Lipinski definition) is 3. The fourth-order valence-corrected chi connectivity index (χ4v) is 2.60. The standard InChI is InChI=1S/C17H16Cl2FN3O2/c1-10(12-7-15(20)14(19)8-13(12)18)21-9-16(24)22-23-17(25)11-5-3-2-4-6-11/h2-8,10,21H,9H2,1H3,(H,22,24)(H,23,25)/t10-/m0/s1. The van der Waals surface area contributed by atoms with Crippen LogP contribution in [0.5, 0.6) is 0 Å². The first-order valence-corrected chi connectivity index (χ1v) is 8.16. The molecule has 0 aliphatic heterocycles. The van der Waals surface area contributed by atoms with Crippen LogP contribution in [0.2, 0.25) is 10.0 Å². The van der Waals surface area contributed by atoms with E-state index in [1.165, 1.54) is 12.1 Å². The van der Waals surface area contributed by atoms with Gasteiger partial charge in [0.25, 0.3) is 11.8 Å². The van der Waals surface area contributed by atoms with E-state index < -0.39 is 23.7 Å². The summed E-state index contributed by atoms with van der Waals surface area (Å²) < 4.78 is 13.5. The zero-order valence-corrected chi connectivity index (χ0v) is 14.8. The van der Waals surface area contributed by atoms with E-state index in [1.807, 2.05) is 0 Å². The monoisotopic (exact) mass is 383 g/mol. The molecule has 2 aromatic carbocycles. The smallest absolute Gasteiger partial charge is 0.269 e. The number of carbonyl (C=O) groups excluding carboxylic acids is 2. The number of hydrazine groups is 1. The molecule has 0 aromatic heterocycles. The molecule has 0 aliphatic carbocycles. The SMILES string of the molecule is C[C@H](NCC(=O)NNC(=O)c1ccccc1)c1cc(F)c(Cl)cc1Cl. The molecular formula is C17H16Cl2FN3O2. The summed E-state index contributed by atoms with van der Waals surface area (Å²) in [5.41, 5.74) is 5.50. The van der Waals surface area contributed by atoms with Gasteiger partial charge in [0, 0.05) is 16.6 Å². The first-order chi connectivity index (χ1) is 11.9. The zero-order valence-electron chi connectivity index (χ0n) is 13.3. The molecule has 2 amide bonds. The Labute approximate surface area is 154 Å². The van der Waals surface area contributed by atoms with Gasteiger partial charge in [-0.05, 0) is 36.8 Å². The average molecular weight is 384 g/mol. The van der Waals surface area contributed by atoms with Gasteiger partial charge in [-0.25, -0.2) is 4.39 Å². The van der Waals surface area contributed by atoms with Crippen molar-refractivity contribution in [1.29, 1.82) is 0 Å². The Hall–Kier alpha value is -2.15. The van der Waals surface area contributed by atoms with Gasteiger partial charge in [0.05, 0.1) is 11.6 Å². The minimum Gasteiger partial charge on any atom is -0.302 e. The molecule has 0 saturated carbocycles. The Morgan fingerprint density at radius 1 is 1.08 bits per heavy atom. The third-order valence-corrected chi connectivity index (χ3v) is 4.04. The number of hydrogen-bond donors (Lipinski definition) is 3.